The highest BCUT2D eigenvalue weighted by Gasteiger charge is 2.20. The molecule has 0 atom stereocenters. The summed E-state index contributed by atoms with van der Waals surface area (Å²) in [5, 5.41) is 22.2. The van der Waals surface area contributed by atoms with Crippen LogP contribution in [-0.2, 0) is 6.42 Å². The summed E-state index contributed by atoms with van der Waals surface area (Å²) in [6, 6.07) is 30.7. The first-order valence-electron chi connectivity index (χ1n) is 12.4. The van der Waals surface area contributed by atoms with Crippen LogP contribution in [0.15, 0.2) is 84.9 Å². The Balaban J connectivity index is 1.51. The van der Waals surface area contributed by atoms with Gasteiger partial charge in [-0.15, -0.1) is 0 Å². The summed E-state index contributed by atoms with van der Waals surface area (Å²) in [6.07, 6.45) is 7.47. The minimum Gasteiger partial charge on any atom is -0.298 e. The van der Waals surface area contributed by atoms with Crippen molar-refractivity contribution >= 4 is 38.8 Å². The first-order chi connectivity index (χ1) is 18.3. The van der Waals surface area contributed by atoms with E-state index in [-0.39, 0.29) is 0 Å². The monoisotopic (exact) mass is 475 g/mol. The van der Waals surface area contributed by atoms with Gasteiger partial charge in [0.2, 0.25) is 0 Å². The number of nitrogens with zero attached hydrogens (tertiary/aromatic N) is 5. The Morgan fingerprint density at radius 2 is 1.35 bits per heavy atom. The molecule has 0 unspecified atom stereocenters. The van der Waals surface area contributed by atoms with Crippen molar-refractivity contribution in [2.45, 2.75) is 19.3 Å². The summed E-state index contributed by atoms with van der Waals surface area (Å²) >= 11 is 0. The third-order valence-corrected chi connectivity index (χ3v) is 7.29. The van der Waals surface area contributed by atoms with Gasteiger partial charge in [-0.25, -0.2) is 4.98 Å². The fourth-order valence-corrected chi connectivity index (χ4v) is 5.67. The van der Waals surface area contributed by atoms with Gasteiger partial charge in [-0.2, -0.15) is 10.5 Å². The van der Waals surface area contributed by atoms with Crippen molar-refractivity contribution in [3.05, 3.63) is 107 Å². The van der Waals surface area contributed by atoms with Crippen LogP contribution in [0, 0.1) is 22.7 Å². The largest absolute Gasteiger partial charge is 0.298 e. The number of fused-ring (bicyclic) bond motifs is 6. The lowest BCUT2D eigenvalue weighted by Crippen LogP contribution is -2.06. The summed E-state index contributed by atoms with van der Waals surface area (Å²) < 4.78 is 4.43. The maximum Gasteiger partial charge on any atom is 0.140 e. The Labute approximate surface area is 213 Å². The summed E-state index contributed by atoms with van der Waals surface area (Å²) in [5.74, 6) is 1.67. The molecule has 3 aromatic carbocycles. The lowest BCUT2D eigenvalue weighted by Gasteiger charge is -2.13. The van der Waals surface area contributed by atoms with Crippen LogP contribution in [0.1, 0.15) is 35.2 Å². The average Bonchev–Trinajstić information content (AvgIpc) is 3.32. The van der Waals surface area contributed by atoms with Gasteiger partial charge < -0.3 is 0 Å². The van der Waals surface area contributed by atoms with Crippen LogP contribution in [0.5, 0.6) is 0 Å². The summed E-state index contributed by atoms with van der Waals surface area (Å²) in [5.41, 5.74) is 6.83. The highest BCUT2D eigenvalue weighted by Crippen LogP contribution is 2.35. The molecule has 0 amide bonds. The van der Waals surface area contributed by atoms with Gasteiger partial charge in [0, 0.05) is 27.4 Å². The topological polar surface area (TPSA) is 70.3 Å². The Hall–Kier alpha value is -5.13. The summed E-state index contributed by atoms with van der Waals surface area (Å²) in [7, 11) is 0. The highest BCUT2D eigenvalue weighted by molar-refractivity contribution is 6.09. The predicted octanol–water partition coefficient (Wildman–Crippen LogP) is 7.22. The van der Waals surface area contributed by atoms with Gasteiger partial charge in [0.05, 0.1) is 39.8 Å². The lowest BCUT2D eigenvalue weighted by molar-refractivity contribution is 0.799. The summed E-state index contributed by atoms with van der Waals surface area (Å²) in [6.45, 7) is 0. The molecule has 0 radical (unpaired) electrons. The zero-order chi connectivity index (χ0) is 24.9. The zero-order valence-electron chi connectivity index (χ0n) is 20.0. The molecule has 3 heterocycles. The van der Waals surface area contributed by atoms with E-state index in [0.29, 0.717) is 11.1 Å². The van der Waals surface area contributed by atoms with Crippen molar-refractivity contribution in [1.29, 1.82) is 10.5 Å². The molecule has 174 valence electrons. The third-order valence-electron chi connectivity index (χ3n) is 7.29. The van der Waals surface area contributed by atoms with Crippen molar-refractivity contribution in [3.63, 3.8) is 0 Å². The molecule has 0 saturated heterocycles. The van der Waals surface area contributed by atoms with E-state index in [1.165, 1.54) is 11.3 Å². The molecule has 7 rings (SSSR count). The van der Waals surface area contributed by atoms with Crippen molar-refractivity contribution < 1.29 is 0 Å². The Bertz CT molecular complexity index is 1990. The second-order valence-corrected chi connectivity index (χ2v) is 9.38. The van der Waals surface area contributed by atoms with E-state index in [1.807, 2.05) is 54.6 Å². The molecule has 0 spiro atoms. The van der Waals surface area contributed by atoms with Crippen LogP contribution in [-0.4, -0.2) is 14.1 Å². The number of benzene rings is 3. The van der Waals surface area contributed by atoms with Crippen LogP contribution in [0.25, 0.3) is 50.4 Å². The maximum atomic E-state index is 9.52. The molecule has 5 heteroatoms. The first-order valence-corrected chi connectivity index (χ1v) is 12.4. The van der Waals surface area contributed by atoms with Crippen molar-refractivity contribution in [2.75, 3.05) is 0 Å². The van der Waals surface area contributed by atoms with Crippen LogP contribution in [0.4, 0.5) is 0 Å². The van der Waals surface area contributed by atoms with Gasteiger partial charge in [-0.1, -0.05) is 36.4 Å². The maximum absolute atomic E-state index is 9.52. The quantitative estimate of drug-likeness (QED) is 0.265. The number of hydrogen-bond acceptors (Lipinski definition) is 3. The van der Waals surface area contributed by atoms with Crippen LogP contribution < -0.4 is 0 Å². The van der Waals surface area contributed by atoms with E-state index < -0.39 is 0 Å². The fraction of sp³-hybridized carbons (Fsp3) is 0.0938. The normalized spacial score (nSPS) is 12.9. The van der Waals surface area contributed by atoms with Crippen LogP contribution in [0.2, 0.25) is 0 Å². The van der Waals surface area contributed by atoms with Gasteiger partial charge in [-0.05, 0) is 73.9 Å². The molecule has 0 saturated carbocycles. The van der Waals surface area contributed by atoms with E-state index in [9.17, 15) is 10.5 Å². The molecule has 6 aromatic rings. The van der Waals surface area contributed by atoms with Gasteiger partial charge in [0.15, 0.2) is 0 Å². The van der Waals surface area contributed by atoms with Gasteiger partial charge in [0.25, 0.3) is 0 Å². The zero-order valence-corrected chi connectivity index (χ0v) is 20.0. The molecule has 3 aromatic heterocycles. The summed E-state index contributed by atoms with van der Waals surface area (Å²) in [4.78, 5) is 5.20. The number of rotatable bonds is 2. The lowest BCUT2D eigenvalue weighted by atomic mass is 10.1. The predicted molar refractivity (Wildman–Crippen MR) is 147 cm³/mol. The Morgan fingerprint density at radius 1 is 0.676 bits per heavy atom. The average molecular weight is 476 g/mol. The van der Waals surface area contributed by atoms with Crippen LogP contribution >= 0.6 is 0 Å². The minimum absolute atomic E-state index is 0.642. The Morgan fingerprint density at radius 3 is 2.14 bits per heavy atom. The van der Waals surface area contributed by atoms with Crippen molar-refractivity contribution in [3.8, 4) is 23.8 Å². The van der Waals surface area contributed by atoms with E-state index in [0.717, 1.165) is 63.6 Å². The molecule has 5 nitrogen and oxygen atoms in total. The standard InChI is InChI=1S/C32H21N5/c33-19-21-13-15-29-25(17-21)23-7-2-1-3-9-27(23)36(29)31-11-6-12-32(35-31)37-28-10-5-4-8-24(28)26-18-22(20-34)14-16-30(26)37/h2,4-8,10-18H,1,3,9H2. The molecule has 1 aliphatic rings. The number of aromatic nitrogens is 3. The number of nitriles is 2. The van der Waals surface area contributed by atoms with Crippen LogP contribution in [0.3, 0.4) is 0 Å². The first kappa shape index (κ1) is 21.2. The smallest absolute Gasteiger partial charge is 0.140 e. The number of allylic oxidation sites excluding steroid dienone is 1. The molecule has 1 aliphatic carbocycles. The van der Waals surface area contributed by atoms with Gasteiger partial charge >= 0.3 is 0 Å². The van der Waals surface area contributed by atoms with Gasteiger partial charge in [0.1, 0.15) is 11.6 Å². The van der Waals surface area contributed by atoms with Gasteiger partial charge in [-0.3, -0.25) is 9.13 Å². The van der Waals surface area contributed by atoms with E-state index in [2.05, 4.69) is 57.7 Å². The Kier molecular flexibility index (Phi) is 4.71. The van der Waals surface area contributed by atoms with Crippen molar-refractivity contribution in [1.82, 2.24) is 14.1 Å². The SMILES string of the molecule is N#Cc1ccc2c(c1)c1c(n2-c2cccc(-n3c4ccccc4c4cc(C#N)ccc43)n2)CCCC=C1. The second-order valence-electron chi connectivity index (χ2n) is 9.38. The van der Waals surface area contributed by atoms with E-state index >= 15 is 0 Å². The molecule has 0 bridgehead atoms. The number of pyridine rings is 1. The minimum atomic E-state index is 0.642. The fourth-order valence-electron chi connectivity index (χ4n) is 5.67. The van der Waals surface area contributed by atoms with E-state index in [1.54, 1.807) is 0 Å². The number of hydrogen-bond donors (Lipinski definition) is 0. The van der Waals surface area contributed by atoms with E-state index in [4.69, 9.17) is 4.98 Å². The highest BCUT2D eigenvalue weighted by atomic mass is 15.1. The molecule has 0 fully saturated rings. The van der Waals surface area contributed by atoms with Crippen molar-refractivity contribution in [2.24, 2.45) is 0 Å². The molecule has 0 N–H and O–H groups in total. The second kappa shape index (κ2) is 8.22. The molecule has 37 heavy (non-hydrogen) atoms. The third kappa shape index (κ3) is 3.19. The molecular formula is C32H21N5. The number of para-hydroxylation sites is 1. The molecule has 0 aliphatic heterocycles. The molecular weight excluding hydrogens is 454 g/mol.